The molecule has 1 aliphatic rings. The highest BCUT2D eigenvalue weighted by atomic mass is 16.3. The molecule has 1 aromatic rings. The number of hydrogen-bond acceptors (Lipinski definition) is 2. The summed E-state index contributed by atoms with van der Waals surface area (Å²) in [6.45, 7) is 5.85. The van der Waals surface area contributed by atoms with Gasteiger partial charge in [0.2, 0.25) is 0 Å². The highest BCUT2D eigenvalue weighted by Gasteiger charge is 2.29. The Morgan fingerprint density at radius 1 is 1.30 bits per heavy atom. The fraction of sp³-hybridized carbons (Fsp3) is 0.524. The normalized spacial score (nSPS) is 22.1. The SMILES string of the molecule is [2H]C([2H])=C(C)[C@@H]1CCC([13CH3])=C[C@H]1c1c(O)cc(CCCCC)cc1O. The molecule has 2 nitrogen and oxygen atoms in total. The Balaban J connectivity index is 2.40. The van der Waals surface area contributed by atoms with Crippen LogP contribution in [0.15, 0.2) is 35.9 Å². The first-order chi connectivity index (χ1) is 11.8. The molecule has 0 heterocycles. The van der Waals surface area contributed by atoms with Crippen molar-refractivity contribution in [2.45, 2.75) is 65.2 Å². The van der Waals surface area contributed by atoms with E-state index in [2.05, 4.69) is 19.9 Å². The second-order valence-corrected chi connectivity index (χ2v) is 6.87. The summed E-state index contributed by atoms with van der Waals surface area (Å²) in [5.41, 5.74) is 3.41. The minimum absolute atomic E-state index is 0.0311. The Labute approximate surface area is 143 Å². The summed E-state index contributed by atoms with van der Waals surface area (Å²) >= 11 is 0. The second-order valence-electron chi connectivity index (χ2n) is 6.87. The van der Waals surface area contributed by atoms with Gasteiger partial charge in [0.15, 0.2) is 0 Å². The number of allylic oxidation sites excluding steroid dienone is 3. The van der Waals surface area contributed by atoms with Gasteiger partial charge in [-0.3, -0.25) is 0 Å². The molecule has 0 radical (unpaired) electrons. The van der Waals surface area contributed by atoms with Gasteiger partial charge in [-0.05, 0) is 63.1 Å². The zero-order chi connectivity index (χ0) is 18.6. The summed E-state index contributed by atoms with van der Waals surface area (Å²) in [6.07, 6.45) is 7.99. The average molecular weight is 317 g/mol. The van der Waals surface area contributed by atoms with Gasteiger partial charge in [0.05, 0.1) is 2.74 Å². The molecule has 1 aromatic carbocycles. The van der Waals surface area contributed by atoms with E-state index in [9.17, 15) is 10.2 Å². The van der Waals surface area contributed by atoms with Crippen molar-refractivity contribution in [3.63, 3.8) is 0 Å². The Bertz CT molecular complexity index is 649. The van der Waals surface area contributed by atoms with E-state index in [1.165, 1.54) is 5.57 Å². The molecule has 1 aliphatic carbocycles. The van der Waals surface area contributed by atoms with Gasteiger partial charge >= 0.3 is 0 Å². The highest BCUT2D eigenvalue weighted by Crippen LogP contribution is 2.46. The molecule has 0 aliphatic heterocycles. The predicted molar refractivity (Wildman–Crippen MR) is 97.0 cm³/mol. The Kier molecular flexibility index (Phi) is 4.99. The van der Waals surface area contributed by atoms with Crippen molar-refractivity contribution >= 4 is 0 Å². The Morgan fingerprint density at radius 2 is 2.00 bits per heavy atom. The molecule has 2 rings (SSSR count). The Morgan fingerprint density at radius 3 is 2.61 bits per heavy atom. The minimum atomic E-state index is -0.191. The summed E-state index contributed by atoms with van der Waals surface area (Å²) in [6, 6.07) is 3.53. The monoisotopic (exact) mass is 317 g/mol. The van der Waals surface area contributed by atoms with Crippen LogP contribution in [0.2, 0.25) is 0 Å². The summed E-state index contributed by atoms with van der Waals surface area (Å²) in [7, 11) is 0. The molecule has 2 heteroatoms. The number of hydrogen-bond donors (Lipinski definition) is 2. The van der Waals surface area contributed by atoms with Crippen LogP contribution in [0.3, 0.4) is 0 Å². The van der Waals surface area contributed by atoms with Crippen LogP contribution in [-0.4, -0.2) is 10.2 Å². The van der Waals surface area contributed by atoms with Crippen molar-refractivity contribution in [1.29, 1.82) is 0 Å². The van der Waals surface area contributed by atoms with Crippen molar-refractivity contribution < 1.29 is 13.0 Å². The van der Waals surface area contributed by atoms with Crippen molar-refractivity contribution in [3.05, 3.63) is 47.0 Å². The highest BCUT2D eigenvalue weighted by molar-refractivity contribution is 5.51. The third kappa shape index (κ3) is 4.19. The van der Waals surface area contributed by atoms with E-state index in [-0.39, 0.29) is 29.9 Å². The van der Waals surface area contributed by atoms with Crippen molar-refractivity contribution in [2.24, 2.45) is 5.92 Å². The number of aryl methyl sites for hydroxylation is 1. The standard InChI is InChI=1S/C21H30O2/c1-5-6-7-8-16-12-19(22)21(20(23)13-16)18-11-15(4)9-10-17(18)14(2)3/h11-13,17-18,22-23H,2,5-10H2,1,3-4H3/t17-,18+/m0/s1/i2D2,4+1. The molecule has 0 bridgehead atoms. The number of aromatic hydroxyl groups is 2. The van der Waals surface area contributed by atoms with Gasteiger partial charge in [0.25, 0.3) is 0 Å². The molecular weight excluding hydrogens is 285 g/mol. The summed E-state index contributed by atoms with van der Waals surface area (Å²) in [5, 5.41) is 21.2. The van der Waals surface area contributed by atoms with E-state index < -0.39 is 0 Å². The van der Waals surface area contributed by atoms with E-state index in [0.29, 0.717) is 11.1 Å². The third-order valence-corrected chi connectivity index (χ3v) is 4.90. The lowest BCUT2D eigenvalue weighted by atomic mass is 9.74. The number of rotatable bonds is 6. The van der Waals surface area contributed by atoms with Crippen LogP contribution < -0.4 is 0 Å². The van der Waals surface area contributed by atoms with Gasteiger partial charge < -0.3 is 10.2 Å². The van der Waals surface area contributed by atoms with Crippen LogP contribution in [-0.2, 0) is 6.42 Å². The molecule has 0 unspecified atom stereocenters. The van der Waals surface area contributed by atoms with E-state index in [1.807, 2.05) is 6.92 Å². The third-order valence-electron chi connectivity index (χ3n) is 4.90. The maximum Gasteiger partial charge on any atom is 0.123 e. The van der Waals surface area contributed by atoms with Crippen molar-refractivity contribution in [3.8, 4) is 11.5 Å². The number of unbranched alkanes of at least 4 members (excludes halogenated alkanes) is 2. The molecular formula is C21H30O2. The fourth-order valence-corrected chi connectivity index (χ4v) is 3.58. The van der Waals surface area contributed by atoms with E-state index in [1.54, 1.807) is 12.1 Å². The van der Waals surface area contributed by atoms with Gasteiger partial charge in [-0.15, -0.1) is 0 Å². The lowest BCUT2D eigenvalue weighted by Gasteiger charge is -2.31. The molecule has 0 aromatic heterocycles. The van der Waals surface area contributed by atoms with Crippen LogP contribution in [0, 0.1) is 5.92 Å². The first-order valence-corrected chi connectivity index (χ1v) is 8.71. The molecule has 0 saturated carbocycles. The number of phenolic OH excluding ortho intramolecular Hbond substituents is 2. The molecule has 2 atom stereocenters. The largest absolute Gasteiger partial charge is 0.507 e. The van der Waals surface area contributed by atoms with Gasteiger partial charge in [-0.25, -0.2) is 0 Å². The van der Waals surface area contributed by atoms with Crippen molar-refractivity contribution in [2.75, 3.05) is 0 Å². The fourth-order valence-electron chi connectivity index (χ4n) is 3.58. The van der Waals surface area contributed by atoms with Gasteiger partial charge in [0.1, 0.15) is 11.5 Å². The van der Waals surface area contributed by atoms with E-state index >= 15 is 0 Å². The Hall–Kier alpha value is -1.70. The topological polar surface area (TPSA) is 40.5 Å². The lowest BCUT2D eigenvalue weighted by Crippen LogP contribution is -2.17. The first kappa shape index (κ1) is 14.9. The summed E-state index contributed by atoms with van der Waals surface area (Å²) in [4.78, 5) is 0. The summed E-state index contributed by atoms with van der Waals surface area (Å²) < 4.78 is 15.3. The molecule has 0 amide bonds. The molecule has 0 fully saturated rings. The minimum Gasteiger partial charge on any atom is -0.507 e. The maximum atomic E-state index is 10.6. The predicted octanol–water partition coefficient (Wildman–Crippen LogP) is 5.85. The van der Waals surface area contributed by atoms with Crippen LogP contribution in [0.25, 0.3) is 0 Å². The van der Waals surface area contributed by atoms with Gasteiger partial charge in [0, 0.05) is 11.5 Å². The molecule has 0 saturated heterocycles. The molecule has 23 heavy (non-hydrogen) atoms. The van der Waals surface area contributed by atoms with Crippen LogP contribution >= 0.6 is 0 Å². The average Bonchev–Trinajstić information content (AvgIpc) is 2.54. The maximum absolute atomic E-state index is 10.6. The van der Waals surface area contributed by atoms with Crippen LogP contribution in [0.1, 0.15) is 72.7 Å². The number of benzene rings is 1. The lowest BCUT2D eigenvalue weighted by molar-refractivity contribution is 0.406. The van der Waals surface area contributed by atoms with Crippen molar-refractivity contribution in [1.82, 2.24) is 0 Å². The van der Waals surface area contributed by atoms with Crippen LogP contribution in [0.5, 0.6) is 11.5 Å². The first-order valence-electron chi connectivity index (χ1n) is 9.71. The van der Waals surface area contributed by atoms with Crippen LogP contribution in [0.4, 0.5) is 0 Å². The zero-order valence-electron chi connectivity index (χ0n) is 16.5. The zero-order valence-corrected chi connectivity index (χ0v) is 14.5. The van der Waals surface area contributed by atoms with Gasteiger partial charge in [-0.1, -0.05) is 43.5 Å². The summed E-state index contributed by atoms with van der Waals surface area (Å²) in [5.74, 6) is 0.0223. The number of phenols is 2. The van der Waals surface area contributed by atoms with E-state index in [4.69, 9.17) is 2.74 Å². The molecule has 0 spiro atoms. The molecule has 2 N–H and O–H groups in total. The second kappa shape index (κ2) is 7.72. The van der Waals surface area contributed by atoms with Gasteiger partial charge in [-0.2, -0.15) is 0 Å². The smallest absolute Gasteiger partial charge is 0.123 e. The quantitative estimate of drug-likeness (QED) is 0.393. The van der Waals surface area contributed by atoms with E-state index in [0.717, 1.165) is 44.1 Å². The molecule has 126 valence electrons.